The number of hydrogen-bond donors (Lipinski definition) is 4. The molecule has 5 fully saturated rings. The SMILES string of the molecule is CN1CCN(c2ccc3cc(-c4cn5cccc(Cl)c5n4)oc(=O)c3c2)CC1.C[C@H]1CN(c2ccc3cc(-c4cn5cccc(Cl)c5n4)oc(=O)c3c2)CCN1.Cc1cn2cc(-c3cc4ccc(N5CCNCC5)cc4c(=O)o3)nc2c(C)n1.Cc1cn2cc(-c3cc4ccc(N5CCN[C@@H](C)C5)cc4c(=O)o3)nc2c(C)n1.O=c1oc(-c2cn3cccc(Cl)c3n2)cc2ccc(N3CCNCC3)cc12. The number of likely N-dealkylation sites (N-methyl/N-ethyl adjacent to an activating group) is 1. The molecule has 25 rings (SSSR count). The zero-order valence-electron chi connectivity index (χ0n) is 77.9. The van der Waals surface area contributed by atoms with E-state index in [1.807, 2.05) is 215 Å². The number of imidazole rings is 5. The van der Waals surface area contributed by atoms with Crippen molar-refractivity contribution < 1.29 is 22.1 Å². The zero-order valence-corrected chi connectivity index (χ0v) is 80.2. The summed E-state index contributed by atoms with van der Waals surface area (Å²) in [6.45, 7) is 29.1. The number of piperazine rings is 5. The van der Waals surface area contributed by atoms with Gasteiger partial charge in [0.15, 0.2) is 57.0 Å². The second-order valence-corrected chi connectivity index (χ2v) is 37.2. The zero-order chi connectivity index (χ0) is 96.3. The van der Waals surface area contributed by atoms with Crippen LogP contribution in [0.15, 0.2) is 266 Å². The van der Waals surface area contributed by atoms with Crippen LogP contribution >= 0.6 is 34.8 Å². The van der Waals surface area contributed by atoms with Gasteiger partial charge in [-0.2, -0.15) is 0 Å². The van der Waals surface area contributed by atoms with Crippen LogP contribution in [0.25, 0.3) is 139 Å². The molecule has 0 aliphatic carbocycles. The van der Waals surface area contributed by atoms with E-state index < -0.39 is 0 Å². The van der Waals surface area contributed by atoms with Gasteiger partial charge < -0.3 is 94.8 Å². The Kier molecular flexibility index (Phi) is 25.4. The van der Waals surface area contributed by atoms with Crippen LogP contribution in [0.2, 0.25) is 15.1 Å². The Bertz CT molecular complexity index is 8510. The van der Waals surface area contributed by atoms with E-state index in [1.165, 1.54) is 0 Å². The Morgan fingerprint density at radius 1 is 0.300 bits per heavy atom. The lowest BCUT2D eigenvalue weighted by Crippen LogP contribution is -2.49. The summed E-state index contributed by atoms with van der Waals surface area (Å²) in [4.78, 5) is 109. The number of rotatable bonds is 10. The maximum absolute atomic E-state index is 12.8. The average Bonchev–Trinajstić information content (AvgIpc) is 1.18. The van der Waals surface area contributed by atoms with Gasteiger partial charge in [-0.15, -0.1) is 0 Å². The lowest BCUT2D eigenvalue weighted by atomic mass is 10.1. The molecular formula is C105H99Cl3N22O10. The third-order valence-electron chi connectivity index (χ3n) is 26.1. The molecule has 0 saturated carbocycles. The number of benzene rings is 5. The predicted octanol–water partition coefficient (Wildman–Crippen LogP) is 15.7. The molecule has 710 valence electrons. The lowest BCUT2D eigenvalue weighted by Gasteiger charge is -2.34. The van der Waals surface area contributed by atoms with E-state index in [9.17, 15) is 24.0 Å². The second kappa shape index (κ2) is 38.8. The first-order valence-electron chi connectivity index (χ1n) is 46.7. The van der Waals surface area contributed by atoms with Crippen LogP contribution in [0.3, 0.4) is 0 Å². The molecule has 140 heavy (non-hydrogen) atoms. The largest absolute Gasteiger partial charge is 0.421 e. The number of hydrogen-bond acceptors (Lipinski definition) is 27. The number of nitrogens with zero attached hydrogens (tertiary/aromatic N) is 18. The van der Waals surface area contributed by atoms with Crippen LogP contribution in [0.4, 0.5) is 28.4 Å². The van der Waals surface area contributed by atoms with Crippen molar-refractivity contribution in [2.24, 2.45) is 0 Å². The summed E-state index contributed by atoms with van der Waals surface area (Å²) in [6.07, 6.45) is 18.6. The monoisotopic (exact) mass is 1930 g/mol. The maximum Gasteiger partial charge on any atom is 0.344 e. The minimum absolute atomic E-state index is 0.340. The molecule has 0 radical (unpaired) electrons. The molecule has 5 aliphatic rings. The van der Waals surface area contributed by atoms with Gasteiger partial charge in [0.2, 0.25) is 0 Å². The molecule has 0 unspecified atom stereocenters. The molecule has 2 atom stereocenters. The van der Waals surface area contributed by atoms with E-state index in [2.05, 4.69) is 137 Å². The standard InChI is InChI=1S/C22H23N5O2.2C21H19ClN4O2.C21H21N5O2.C20H17ClN4O2/c1-13-10-26(7-6-23-13)17-5-4-16-8-20(29-22(28)18(16)9-17)19-12-27-11-14(2)24-15(3)21(27)25-19;1-13-11-25(8-6-23-13)15-5-4-14-9-19(28-21(27)16(14)10-15)18-12-26-7-2-3-17(22)20(26)24-18;1-24-7-9-25(10-8-24)15-5-4-14-11-19(28-21(27)16(14)12-15)18-13-26-6-2-3-17(22)20(26)23-18;1-13-11-26-12-18(24-20(26)14(2)23-13)19-9-15-3-4-16(10-17(15)21(27)28-19)25-7-5-22-6-8-25;21-16-2-1-7-25-12-17(23-19(16)25)18-10-13-3-4-14(11-15(13)20(26)27-18)24-8-5-22-6-9-24/h4-5,8-9,11-13,23H,6-7,10H2,1-3H3;2-5,7,9-10,12-13,23H,6,8,11H2,1H3;2-6,11-13H,7-10H2,1H3;3-4,9-12,22H,5-8H2,1-2H3;1-4,7,10-12,22H,5-6,8-9H2/t2*13-;;;/m00.../s1. The number of aromatic nitrogens is 12. The van der Waals surface area contributed by atoms with E-state index in [0.29, 0.717) is 128 Å². The van der Waals surface area contributed by atoms with E-state index >= 15 is 0 Å². The molecule has 5 aromatic carbocycles. The van der Waals surface area contributed by atoms with Crippen molar-refractivity contribution >= 4 is 145 Å². The van der Waals surface area contributed by atoms with Gasteiger partial charge in [0.05, 0.1) is 64.8 Å². The maximum atomic E-state index is 12.8. The summed E-state index contributed by atoms with van der Waals surface area (Å²) >= 11 is 18.6. The molecule has 0 spiro atoms. The van der Waals surface area contributed by atoms with E-state index in [4.69, 9.17) is 56.9 Å². The van der Waals surface area contributed by atoms with Crippen molar-refractivity contribution in [3.63, 3.8) is 0 Å². The minimum atomic E-state index is -0.360. The molecule has 0 amide bonds. The Hall–Kier alpha value is -14.9. The number of anilines is 5. The van der Waals surface area contributed by atoms with Crippen LogP contribution in [0.5, 0.6) is 0 Å². The highest BCUT2D eigenvalue weighted by atomic mass is 35.5. The number of aryl methyl sites for hydroxylation is 4. The first kappa shape index (κ1) is 91.5. The Balaban J connectivity index is 0.000000104. The van der Waals surface area contributed by atoms with Crippen LogP contribution in [0.1, 0.15) is 36.6 Å². The van der Waals surface area contributed by atoms with Gasteiger partial charge in [-0.3, -0.25) is 9.97 Å². The smallest absolute Gasteiger partial charge is 0.344 e. The fourth-order valence-corrected chi connectivity index (χ4v) is 19.5. The highest BCUT2D eigenvalue weighted by Gasteiger charge is 2.26. The van der Waals surface area contributed by atoms with Crippen molar-refractivity contribution in [3.8, 4) is 57.3 Å². The lowest BCUT2D eigenvalue weighted by molar-refractivity contribution is 0.313. The van der Waals surface area contributed by atoms with Crippen molar-refractivity contribution in [2.45, 2.75) is 53.6 Å². The number of halogens is 3. The molecular weight excluding hydrogens is 1840 g/mol. The molecule has 0 bridgehead atoms. The second-order valence-electron chi connectivity index (χ2n) is 36.0. The highest BCUT2D eigenvalue weighted by molar-refractivity contribution is 6.34. The number of pyridine rings is 3. The quantitative estimate of drug-likeness (QED) is 0.0988. The van der Waals surface area contributed by atoms with Crippen molar-refractivity contribution in [2.75, 3.05) is 149 Å². The third-order valence-corrected chi connectivity index (χ3v) is 26.9. The van der Waals surface area contributed by atoms with Gasteiger partial charge in [-0.05, 0) is 203 Å². The third kappa shape index (κ3) is 19.1. The minimum Gasteiger partial charge on any atom is -0.421 e. The highest BCUT2D eigenvalue weighted by Crippen LogP contribution is 2.35. The van der Waals surface area contributed by atoms with Gasteiger partial charge >= 0.3 is 28.1 Å². The molecule has 5 saturated heterocycles. The molecule has 20 heterocycles. The molecule has 32 nitrogen and oxygen atoms in total. The van der Waals surface area contributed by atoms with Crippen LogP contribution < -0.4 is 73.9 Å². The van der Waals surface area contributed by atoms with Crippen LogP contribution in [0, 0.1) is 27.7 Å². The topological polar surface area (TPSA) is 331 Å². The Morgan fingerprint density at radius 3 is 0.850 bits per heavy atom. The fraction of sp³-hybridized carbons (Fsp3) is 0.257. The molecule has 35 heteroatoms. The summed E-state index contributed by atoms with van der Waals surface area (Å²) in [5.74, 6) is 2.23. The van der Waals surface area contributed by atoms with E-state index in [1.54, 1.807) is 24.4 Å². The summed E-state index contributed by atoms with van der Waals surface area (Å²) in [5, 5.41) is 22.3. The number of nitrogens with one attached hydrogen (secondary N) is 4. The summed E-state index contributed by atoms with van der Waals surface area (Å²) < 4.78 is 37.4. The van der Waals surface area contributed by atoms with Crippen molar-refractivity contribution in [3.05, 3.63) is 310 Å². The van der Waals surface area contributed by atoms with Crippen molar-refractivity contribution in [1.29, 1.82) is 0 Å². The number of fused-ring (bicyclic) bond motifs is 10. The van der Waals surface area contributed by atoms with Gasteiger partial charge in [0.1, 0.15) is 28.5 Å². The molecule has 4 N–H and O–H groups in total. The predicted molar refractivity (Wildman–Crippen MR) is 552 cm³/mol. The van der Waals surface area contributed by atoms with Crippen LogP contribution in [-0.4, -0.2) is 199 Å². The van der Waals surface area contributed by atoms with Crippen molar-refractivity contribution in [1.82, 2.24) is 83.1 Å². The summed E-state index contributed by atoms with van der Waals surface area (Å²) in [7, 11) is 2.13. The Labute approximate surface area is 815 Å². The molecule has 15 aromatic heterocycles. The Morgan fingerprint density at radius 2 is 0.564 bits per heavy atom. The van der Waals surface area contributed by atoms with Gasteiger partial charge in [0, 0.05) is 220 Å². The summed E-state index contributed by atoms with van der Waals surface area (Å²) in [5.41, 5.74) is 13.4. The summed E-state index contributed by atoms with van der Waals surface area (Å²) in [6, 6.07) is 50.9. The molecule has 20 aromatic rings. The normalized spacial score (nSPS) is 16.1. The van der Waals surface area contributed by atoms with E-state index in [0.717, 1.165) is 207 Å². The fourth-order valence-electron chi connectivity index (χ4n) is 18.9. The van der Waals surface area contributed by atoms with Gasteiger partial charge in [0.25, 0.3) is 0 Å². The first-order valence-corrected chi connectivity index (χ1v) is 47.8. The van der Waals surface area contributed by atoms with Crippen LogP contribution in [-0.2, 0) is 0 Å². The average molecular weight is 1940 g/mol. The molecule has 5 aliphatic heterocycles. The van der Waals surface area contributed by atoms with Gasteiger partial charge in [-0.1, -0.05) is 65.1 Å². The van der Waals surface area contributed by atoms with E-state index in [-0.39, 0.29) is 28.1 Å². The first-order chi connectivity index (χ1) is 67.9. The van der Waals surface area contributed by atoms with Gasteiger partial charge in [-0.25, -0.2) is 48.9 Å².